The monoisotopic (exact) mass is 204 g/mol. The Balaban J connectivity index is 3.09. The van der Waals surface area contributed by atoms with Crippen molar-refractivity contribution in [3.8, 4) is 0 Å². The van der Waals surface area contributed by atoms with Crippen molar-refractivity contribution in [2.24, 2.45) is 5.92 Å². The van der Waals surface area contributed by atoms with E-state index in [0.717, 1.165) is 38.5 Å². The molecule has 1 atom stereocenters. The Kier molecular flexibility index (Phi) is 8.59. The van der Waals surface area contributed by atoms with Crippen LogP contribution in [-0.2, 0) is 4.79 Å². The molecular weight excluding hydrogens is 183 g/mol. The van der Waals surface area contributed by atoms with Gasteiger partial charge in [-0.15, -0.1) is 0 Å². The summed E-state index contributed by atoms with van der Waals surface area (Å²) < 4.78 is 11.7. The number of alkyl halides is 1. The van der Waals surface area contributed by atoms with E-state index in [9.17, 15) is 9.18 Å². The van der Waals surface area contributed by atoms with E-state index in [0.29, 0.717) is 6.42 Å². The van der Waals surface area contributed by atoms with Gasteiger partial charge in [0.15, 0.2) is 0 Å². The largest absolute Gasteiger partial charge is 0.481 e. The standard InChI is InChI=1S/C11H21FO2/c1-10(11(13)14)8-6-4-2-3-5-7-9-12/h10H,2-9H2,1H3,(H,13,14). The maximum atomic E-state index is 11.7. The fraction of sp³-hybridized carbons (Fsp3) is 0.909. The number of carboxylic acids is 1. The van der Waals surface area contributed by atoms with Crippen molar-refractivity contribution in [3.63, 3.8) is 0 Å². The van der Waals surface area contributed by atoms with Gasteiger partial charge in [-0.05, 0) is 12.8 Å². The summed E-state index contributed by atoms with van der Waals surface area (Å²) >= 11 is 0. The van der Waals surface area contributed by atoms with E-state index in [-0.39, 0.29) is 12.6 Å². The van der Waals surface area contributed by atoms with Gasteiger partial charge in [0.2, 0.25) is 0 Å². The molecule has 0 aromatic rings. The first-order valence-corrected chi connectivity index (χ1v) is 5.47. The molecule has 0 aliphatic rings. The second kappa shape index (κ2) is 8.97. The molecule has 0 aromatic carbocycles. The average molecular weight is 204 g/mol. The van der Waals surface area contributed by atoms with Crippen LogP contribution < -0.4 is 0 Å². The van der Waals surface area contributed by atoms with Crippen molar-refractivity contribution in [2.45, 2.75) is 51.9 Å². The van der Waals surface area contributed by atoms with Crippen molar-refractivity contribution in [3.05, 3.63) is 0 Å². The molecule has 0 saturated heterocycles. The lowest BCUT2D eigenvalue weighted by atomic mass is 10.0. The smallest absolute Gasteiger partial charge is 0.306 e. The summed E-state index contributed by atoms with van der Waals surface area (Å²) in [7, 11) is 0. The molecule has 0 aliphatic heterocycles. The third-order valence-electron chi connectivity index (χ3n) is 2.44. The van der Waals surface area contributed by atoms with Gasteiger partial charge in [0, 0.05) is 0 Å². The van der Waals surface area contributed by atoms with Crippen LogP contribution >= 0.6 is 0 Å². The van der Waals surface area contributed by atoms with E-state index in [1.807, 2.05) is 0 Å². The van der Waals surface area contributed by atoms with Gasteiger partial charge in [0.25, 0.3) is 0 Å². The Labute approximate surface area is 85.5 Å². The highest BCUT2D eigenvalue weighted by Crippen LogP contribution is 2.12. The molecular formula is C11H21FO2. The highest BCUT2D eigenvalue weighted by molar-refractivity contribution is 5.69. The predicted octanol–water partition coefficient (Wildman–Crippen LogP) is 3.41. The highest BCUT2D eigenvalue weighted by Gasteiger charge is 2.09. The van der Waals surface area contributed by atoms with E-state index in [1.54, 1.807) is 6.92 Å². The minimum absolute atomic E-state index is 0.212. The third-order valence-corrected chi connectivity index (χ3v) is 2.44. The lowest BCUT2D eigenvalue weighted by Crippen LogP contribution is -2.08. The SMILES string of the molecule is CC(CCCCCCCCF)C(=O)O. The lowest BCUT2D eigenvalue weighted by molar-refractivity contribution is -0.141. The molecule has 2 nitrogen and oxygen atoms in total. The summed E-state index contributed by atoms with van der Waals surface area (Å²) in [5.41, 5.74) is 0. The van der Waals surface area contributed by atoms with Gasteiger partial charge in [-0.3, -0.25) is 9.18 Å². The second-order valence-electron chi connectivity index (χ2n) is 3.84. The summed E-state index contributed by atoms with van der Waals surface area (Å²) in [4.78, 5) is 10.5. The molecule has 84 valence electrons. The van der Waals surface area contributed by atoms with E-state index < -0.39 is 5.97 Å². The zero-order chi connectivity index (χ0) is 10.8. The van der Waals surface area contributed by atoms with E-state index in [4.69, 9.17) is 5.11 Å². The first-order chi connectivity index (χ1) is 6.68. The third kappa shape index (κ3) is 8.02. The number of halogens is 1. The van der Waals surface area contributed by atoms with E-state index >= 15 is 0 Å². The fourth-order valence-corrected chi connectivity index (χ4v) is 1.38. The van der Waals surface area contributed by atoms with E-state index in [2.05, 4.69) is 0 Å². The van der Waals surface area contributed by atoms with Gasteiger partial charge in [-0.2, -0.15) is 0 Å². The Morgan fingerprint density at radius 2 is 1.64 bits per heavy atom. The molecule has 0 heterocycles. The van der Waals surface area contributed by atoms with Crippen molar-refractivity contribution < 1.29 is 14.3 Å². The van der Waals surface area contributed by atoms with Crippen molar-refractivity contribution >= 4 is 5.97 Å². The van der Waals surface area contributed by atoms with Gasteiger partial charge >= 0.3 is 5.97 Å². The van der Waals surface area contributed by atoms with Crippen LogP contribution in [0, 0.1) is 5.92 Å². The molecule has 0 amide bonds. The zero-order valence-electron chi connectivity index (χ0n) is 8.97. The molecule has 3 heteroatoms. The molecule has 0 fully saturated rings. The Hall–Kier alpha value is -0.600. The first-order valence-electron chi connectivity index (χ1n) is 5.47. The van der Waals surface area contributed by atoms with Crippen molar-refractivity contribution in [1.29, 1.82) is 0 Å². The molecule has 0 aliphatic carbocycles. The van der Waals surface area contributed by atoms with E-state index in [1.165, 1.54) is 0 Å². The van der Waals surface area contributed by atoms with Crippen LogP contribution in [0.2, 0.25) is 0 Å². The van der Waals surface area contributed by atoms with Crippen LogP contribution in [0.25, 0.3) is 0 Å². The quantitative estimate of drug-likeness (QED) is 0.584. The maximum Gasteiger partial charge on any atom is 0.306 e. The minimum Gasteiger partial charge on any atom is -0.481 e. The van der Waals surface area contributed by atoms with Gasteiger partial charge in [-0.1, -0.05) is 39.0 Å². The first kappa shape index (κ1) is 13.4. The maximum absolute atomic E-state index is 11.7. The van der Waals surface area contributed by atoms with Gasteiger partial charge in [0.05, 0.1) is 12.6 Å². The molecule has 14 heavy (non-hydrogen) atoms. The van der Waals surface area contributed by atoms with Crippen molar-refractivity contribution in [1.82, 2.24) is 0 Å². The van der Waals surface area contributed by atoms with Crippen molar-refractivity contribution in [2.75, 3.05) is 6.67 Å². The molecule has 0 bridgehead atoms. The lowest BCUT2D eigenvalue weighted by Gasteiger charge is -2.05. The topological polar surface area (TPSA) is 37.3 Å². The summed E-state index contributed by atoms with van der Waals surface area (Å²) in [6, 6.07) is 0. The summed E-state index contributed by atoms with van der Waals surface area (Å²) in [5, 5.41) is 8.61. The average Bonchev–Trinajstić information content (AvgIpc) is 2.16. The van der Waals surface area contributed by atoms with Gasteiger partial charge in [0.1, 0.15) is 0 Å². The number of carboxylic acid groups (broad SMARTS) is 1. The second-order valence-corrected chi connectivity index (χ2v) is 3.84. The van der Waals surface area contributed by atoms with Crippen LogP contribution in [0.3, 0.4) is 0 Å². The highest BCUT2D eigenvalue weighted by atomic mass is 19.1. The number of hydrogen-bond acceptors (Lipinski definition) is 1. The normalized spacial score (nSPS) is 12.7. The molecule has 0 radical (unpaired) electrons. The number of unbranched alkanes of at least 4 members (excludes halogenated alkanes) is 5. The Morgan fingerprint density at radius 1 is 1.14 bits per heavy atom. The van der Waals surface area contributed by atoms with Crippen LogP contribution in [0.15, 0.2) is 0 Å². The molecule has 0 aromatic heterocycles. The molecule has 0 rings (SSSR count). The van der Waals surface area contributed by atoms with Gasteiger partial charge in [-0.25, -0.2) is 0 Å². The van der Waals surface area contributed by atoms with Crippen LogP contribution in [0.1, 0.15) is 51.9 Å². The molecule has 1 unspecified atom stereocenters. The van der Waals surface area contributed by atoms with Crippen LogP contribution in [0.4, 0.5) is 4.39 Å². The fourth-order valence-electron chi connectivity index (χ4n) is 1.38. The number of carbonyl (C=O) groups is 1. The number of aliphatic carboxylic acids is 1. The Morgan fingerprint density at radius 3 is 2.14 bits per heavy atom. The summed E-state index contributed by atoms with van der Waals surface area (Å²) in [5.74, 6) is -0.928. The van der Waals surface area contributed by atoms with Crippen LogP contribution in [0.5, 0.6) is 0 Å². The number of hydrogen-bond donors (Lipinski definition) is 1. The summed E-state index contributed by atoms with van der Waals surface area (Å²) in [6.07, 6.45) is 6.62. The molecule has 0 saturated carbocycles. The van der Waals surface area contributed by atoms with Crippen LogP contribution in [-0.4, -0.2) is 17.8 Å². The summed E-state index contributed by atoms with van der Waals surface area (Å²) in [6.45, 7) is 1.53. The van der Waals surface area contributed by atoms with Gasteiger partial charge < -0.3 is 5.11 Å². The zero-order valence-corrected chi connectivity index (χ0v) is 8.97. The minimum atomic E-state index is -0.706. The molecule has 0 spiro atoms. The Bertz CT molecular complexity index is 148. The number of rotatable bonds is 9. The molecule has 1 N–H and O–H groups in total. The predicted molar refractivity (Wildman–Crippen MR) is 55.1 cm³/mol.